The third kappa shape index (κ3) is 4.47. The second kappa shape index (κ2) is 8.29. The standard InChI is InChI=1S/C16H22BrN3O3.ClH/c1-15(19,11-2-4-12(17)5-3-11)14(22)20-10-16(13(18)21)6-8-23-9-7-16;/h2-5H,6-10,19H2,1H3,(H2,18,21)(H,20,22);1H. The SMILES string of the molecule is CC(N)(C(=O)NCC1(C(N)=O)CCOCC1)c1ccc(Br)cc1.Cl. The Morgan fingerprint density at radius 3 is 2.33 bits per heavy atom. The van der Waals surface area contributed by atoms with Gasteiger partial charge in [-0.25, -0.2) is 0 Å². The zero-order valence-corrected chi connectivity index (χ0v) is 15.9. The largest absolute Gasteiger partial charge is 0.381 e. The highest BCUT2D eigenvalue weighted by Crippen LogP contribution is 2.30. The van der Waals surface area contributed by atoms with E-state index < -0.39 is 16.9 Å². The number of carbonyl (C=O) groups is 2. The Labute approximate surface area is 156 Å². The van der Waals surface area contributed by atoms with E-state index in [4.69, 9.17) is 16.2 Å². The summed E-state index contributed by atoms with van der Waals surface area (Å²) in [5.41, 5.74) is 10.5. The Bertz CT molecular complexity index is 587. The minimum absolute atomic E-state index is 0. The Morgan fingerprint density at radius 1 is 1.29 bits per heavy atom. The summed E-state index contributed by atoms with van der Waals surface area (Å²) in [6.45, 7) is 2.75. The van der Waals surface area contributed by atoms with Gasteiger partial charge < -0.3 is 21.5 Å². The molecule has 1 atom stereocenters. The molecule has 5 N–H and O–H groups in total. The average molecular weight is 421 g/mol. The third-order valence-corrected chi connectivity index (χ3v) is 5.00. The molecule has 0 saturated carbocycles. The Kier molecular flexibility index (Phi) is 7.22. The van der Waals surface area contributed by atoms with E-state index in [0.717, 1.165) is 4.47 Å². The first kappa shape index (κ1) is 20.9. The second-order valence-corrected chi connectivity index (χ2v) is 7.06. The minimum atomic E-state index is -1.19. The van der Waals surface area contributed by atoms with E-state index in [9.17, 15) is 9.59 Å². The lowest BCUT2D eigenvalue weighted by Gasteiger charge is -2.35. The van der Waals surface area contributed by atoms with E-state index in [2.05, 4.69) is 21.2 Å². The molecule has 1 aromatic carbocycles. The van der Waals surface area contributed by atoms with Gasteiger partial charge in [-0.1, -0.05) is 28.1 Å². The molecule has 0 radical (unpaired) electrons. The maximum Gasteiger partial charge on any atom is 0.244 e. The predicted octanol–water partition coefficient (Wildman–Crippen LogP) is 1.44. The van der Waals surface area contributed by atoms with Crippen LogP contribution in [0.5, 0.6) is 0 Å². The van der Waals surface area contributed by atoms with Crippen LogP contribution in [0.4, 0.5) is 0 Å². The highest BCUT2D eigenvalue weighted by molar-refractivity contribution is 9.10. The van der Waals surface area contributed by atoms with Crippen LogP contribution in [-0.4, -0.2) is 31.6 Å². The van der Waals surface area contributed by atoms with Crippen molar-refractivity contribution in [2.24, 2.45) is 16.9 Å². The molecule has 1 aromatic rings. The number of benzene rings is 1. The first-order chi connectivity index (χ1) is 10.8. The topological polar surface area (TPSA) is 107 Å². The van der Waals surface area contributed by atoms with Crippen LogP contribution >= 0.6 is 28.3 Å². The van der Waals surface area contributed by atoms with Gasteiger partial charge in [0.2, 0.25) is 11.8 Å². The van der Waals surface area contributed by atoms with Crippen LogP contribution in [-0.2, 0) is 19.9 Å². The van der Waals surface area contributed by atoms with Gasteiger partial charge in [0.15, 0.2) is 0 Å². The first-order valence-corrected chi connectivity index (χ1v) is 8.28. The molecule has 24 heavy (non-hydrogen) atoms. The summed E-state index contributed by atoms with van der Waals surface area (Å²) in [7, 11) is 0. The number of hydrogen-bond donors (Lipinski definition) is 3. The van der Waals surface area contributed by atoms with Crippen LogP contribution in [0.3, 0.4) is 0 Å². The molecule has 1 aliphatic heterocycles. The van der Waals surface area contributed by atoms with Gasteiger partial charge >= 0.3 is 0 Å². The molecular weight excluding hydrogens is 398 g/mol. The van der Waals surface area contributed by atoms with E-state index in [-0.39, 0.29) is 24.9 Å². The highest BCUT2D eigenvalue weighted by atomic mass is 79.9. The highest BCUT2D eigenvalue weighted by Gasteiger charge is 2.40. The molecule has 0 aromatic heterocycles. The van der Waals surface area contributed by atoms with Gasteiger partial charge in [0, 0.05) is 24.2 Å². The number of amides is 2. The Morgan fingerprint density at radius 2 is 1.83 bits per heavy atom. The molecule has 2 rings (SSSR count). The monoisotopic (exact) mass is 419 g/mol. The van der Waals surface area contributed by atoms with Crippen molar-refractivity contribution in [3.8, 4) is 0 Å². The summed E-state index contributed by atoms with van der Waals surface area (Å²) >= 11 is 3.35. The van der Waals surface area contributed by atoms with Gasteiger partial charge in [-0.05, 0) is 37.5 Å². The van der Waals surface area contributed by atoms with Crippen LogP contribution < -0.4 is 16.8 Å². The number of nitrogens with one attached hydrogen (secondary N) is 1. The summed E-state index contributed by atoms with van der Waals surface area (Å²) in [4.78, 5) is 24.4. The van der Waals surface area contributed by atoms with E-state index in [1.165, 1.54) is 0 Å². The molecule has 1 saturated heterocycles. The Balaban J connectivity index is 0.00000288. The summed E-state index contributed by atoms with van der Waals surface area (Å²) in [6.07, 6.45) is 1.00. The number of halogens is 2. The zero-order valence-electron chi connectivity index (χ0n) is 13.5. The van der Waals surface area contributed by atoms with Crippen LogP contribution in [0.1, 0.15) is 25.3 Å². The molecule has 0 aliphatic carbocycles. The van der Waals surface area contributed by atoms with Crippen molar-refractivity contribution in [3.63, 3.8) is 0 Å². The van der Waals surface area contributed by atoms with Crippen molar-refractivity contribution in [2.45, 2.75) is 25.3 Å². The second-order valence-electron chi connectivity index (χ2n) is 6.15. The third-order valence-electron chi connectivity index (χ3n) is 4.48. The van der Waals surface area contributed by atoms with E-state index >= 15 is 0 Å². The summed E-state index contributed by atoms with van der Waals surface area (Å²) in [5.74, 6) is -0.754. The lowest BCUT2D eigenvalue weighted by molar-refractivity contribution is -0.134. The maximum atomic E-state index is 12.5. The van der Waals surface area contributed by atoms with Crippen molar-refractivity contribution in [3.05, 3.63) is 34.3 Å². The van der Waals surface area contributed by atoms with Crippen molar-refractivity contribution in [1.82, 2.24) is 5.32 Å². The fraction of sp³-hybridized carbons (Fsp3) is 0.500. The minimum Gasteiger partial charge on any atom is -0.381 e. The average Bonchev–Trinajstić information content (AvgIpc) is 2.53. The quantitative estimate of drug-likeness (QED) is 0.670. The van der Waals surface area contributed by atoms with Crippen LogP contribution in [0.2, 0.25) is 0 Å². The fourth-order valence-electron chi connectivity index (χ4n) is 2.63. The Hall–Kier alpha value is -1.15. The number of nitrogens with two attached hydrogens (primary N) is 2. The number of ether oxygens (including phenoxy) is 1. The van der Waals surface area contributed by atoms with Crippen LogP contribution in [0.25, 0.3) is 0 Å². The number of primary amides is 1. The van der Waals surface area contributed by atoms with Crippen LogP contribution in [0.15, 0.2) is 28.7 Å². The molecule has 1 unspecified atom stereocenters. The summed E-state index contributed by atoms with van der Waals surface area (Å²) in [6, 6.07) is 7.25. The zero-order chi connectivity index (χ0) is 17.1. The molecule has 0 spiro atoms. The van der Waals surface area contributed by atoms with Crippen molar-refractivity contribution in [2.75, 3.05) is 19.8 Å². The summed E-state index contributed by atoms with van der Waals surface area (Å²) < 4.78 is 6.19. The molecule has 2 amide bonds. The van der Waals surface area contributed by atoms with Crippen LogP contribution in [0, 0.1) is 5.41 Å². The molecule has 1 heterocycles. The normalized spacial score (nSPS) is 18.8. The smallest absolute Gasteiger partial charge is 0.244 e. The molecule has 1 aliphatic rings. The lowest BCUT2D eigenvalue weighted by atomic mass is 9.79. The van der Waals surface area contributed by atoms with E-state index in [1.807, 2.05) is 12.1 Å². The molecule has 6 nitrogen and oxygen atoms in total. The fourth-order valence-corrected chi connectivity index (χ4v) is 2.90. The van der Waals surface area contributed by atoms with Crippen molar-refractivity contribution < 1.29 is 14.3 Å². The van der Waals surface area contributed by atoms with Crippen molar-refractivity contribution >= 4 is 40.2 Å². The van der Waals surface area contributed by atoms with Gasteiger partial charge in [-0.15, -0.1) is 12.4 Å². The lowest BCUT2D eigenvalue weighted by Crippen LogP contribution is -2.55. The predicted molar refractivity (Wildman–Crippen MR) is 97.6 cm³/mol. The number of carbonyl (C=O) groups excluding carboxylic acids is 2. The number of hydrogen-bond acceptors (Lipinski definition) is 4. The van der Waals surface area contributed by atoms with Gasteiger partial charge in [0.25, 0.3) is 0 Å². The van der Waals surface area contributed by atoms with Crippen molar-refractivity contribution in [1.29, 1.82) is 0 Å². The molecule has 1 fully saturated rings. The van der Waals surface area contributed by atoms with Gasteiger partial charge in [-0.3, -0.25) is 9.59 Å². The molecule has 134 valence electrons. The number of rotatable bonds is 5. The molecular formula is C16H23BrClN3O3. The van der Waals surface area contributed by atoms with E-state index in [1.54, 1.807) is 19.1 Å². The summed E-state index contributed by atoms with van der Waals surface area (Å²) in [5, 5.41) is 2.80. The molecule has 0 bridgehead atoms. The van der Waals surface area contributed by atoms with Gasteiger partial charge in [0.05, 0.1) is 5.41 Å². The molecule has 8 heteroatoms. The van der Waals surface area contributed by atoms with Gasteiger partial charge in [0.1, 0.15) is 5.54 Å². The maximum absolute atomic E-state index is 12.5. The first-order valence-electron chi connectivity index (χ1n) is 7.49. The van der Waals surface area contributed by atoms with E-state index in [0.29, 0.717) is 31.6 Å². The van der Waals surface area contributed by atoms with Gasteiger partial charge in [-0.2, -0.15) is 0 Å².